The number of thiazole rings is 1. The van der Waals surface area contributed by atoms with Crippen molar-refractivity contribution in [2.45, 2.75) is 19.9 Å². The van der Waals surface area contributed by atoms with Crippen LogP contribution in [0.25, 0.3) is 0 Å². The molecule has 0 spiro atoms. The molecule has 0 saturated carbocycles. The molecule has 2 aromatic rings. The molecule has 1 amide bonds. The lowest BCUT2D eigenvalue weighted by Crippen LogP contribution is -2.24. The van der Waals surface area contributed by atoms with Crippen LogP contribution >= 0.6 is 11.3 Å². The van der Waals surface area contributed by atoms with Crippen LogP contribution < -0.4 is 10.6 Å². The summed E-state index contributed by atoms with van der Waals surface area (Å²) in [7, 11) is 1.83. The standard InChI is InChI=1S/C14H17N3OS/c1-10-3-5-11(6-4-10)7-13(18)16-8-12-9-19-14(15-2)17-12/h3-6,9H,7-8H2,1-2H3,(H,15,17)(H,16,18). The third-order valence-corrected chi connectivity index (χ3v) is 3.63. The Labute approximate surface area is 116 Å². The number of aromatic nitrogens is 1. The van der Waals surface area contributed by atoms with Crippen LogP contribution in [0.1, 0.15) is 16.8 Å². The molecule has 1 aromatic heterocycles. The van der Waals surface area contributed by atoms with Crippen molar-refractivity contribution in [2.24, 2.45) is 0 Å². The Morgan fingerprint density at radius 3 is 2.68 bits per heavy atom. The van der Waals surface area contributed by atoms with Crippen LogP contribution in [0.3, 0.4) is 0 Å². The molecule has 100 valence electrons. The molecule has 2 rings (SSSR count). The number of carbonyl (C=O) groups excluding carboxylic acids is 1. The topological polar surface area (TPSA) is 54.0 Å². The minimum Gasteiger partial charge on any atom is -0.365 e. The molecule has 5 heteroatoms. The molecule has 0 bridgehead atoms. The van der Waals surface area contributed by atoms with E-state index in [2.05, 4.69) is 15.6 Å². The van der Waals surface area contributed by atoms with Gasteiger partial charge in [0.15, 0.2) is 5.13 Å². The van der Waals surface area contributed by atoms with Gasteiger partial charge in [-0.3, -0.25) is 4.79 Å². The van der Waals surface area contributed by atoms with E-state index in [0.717, 1.165) is 16.4 Å². The Kier molecular flexibility index (Phi) is 4.52. The Bertz CT molecular complexity index is 548. The Morgan fingerprint density at radius 1 is 1.32 bits per heavy atom. The van der Waals surface area contributed by atoms with Gasteiger partial charge in [-0.15, -0.1) is 11.3 Å². The van der Waals surface area contributed by atoms with Gasteiger partial charge in [-0.1, -0.05) is 29.8 Å². The molecule has 0 saturated heterocycles. The first-order valence-corrected chi connectivity index (χ1v) is 7.00. The normalized spacial score (nSPS) is 10.2. The number of carbonyl (C=O) groups is 1. The van der Waals surface area contributed by atoms with Crippen LogP contribution in [0.2, 0.25) is 0 Å². The second-order valence-corrected chi connectivity index (χ2v) is 5.19. The monoisotopic (exact) mass is 275 g/mol. The summed E-state index contributed by atoms with van der Waals surface area (Å²) in [5.74, 6) is 0.0165. The van der Waals surface area contributed by atoms with E-state index in [1.165, 1.54) is 16.9 Å². The molecular weight excluding hydrogens is 258 g/mol. The van der Waals surface area contributed by atoms with Crippen LogP contribution in [0.5, 0.6) is 0 Å². The van der Waals surface area contributed by atoms with Crippen molar-refractivity contribution in [1.29, 1.82) is 0 Å². The number of rotatable bonds is 5. The summed E-state index contributed by atoms with van der Waals surface area (Å²) >= 11 is 1.53. The molecule has 0 aliphatic rings. The number of amides is 1. The average molecular weight is 275 g/mol. The third-order valence-electron chi connectivity index (χ3n) is 2.72. The van der Waals surface area contributed by atoms with Gasteiger partial charge >= 0.3 is 0 Å². The number of hydrogen-bond donors (Lipinski definition) is 2. The van der Waals surface area contributed by atoms with E-state index in [1.54, 1.807) is 0 Å². The molecule has 4 nitrogen and oxygen atoms in total. The van der Waals surface area contributed by atoms with Crippen LogP contribution in [0, 0.1) is 6.92 Å². The molecule has 0 fully saturated rings. The predicted octanol–water partition coefficient (Wildman–Crippen LogP) is 2.35. The van der Waals surface area contributed by atoms with Gasteiger partial charge in [-0.05, 0) is 12.5 Å². The van der Waals surface area contributed by atoms with E-state index in [9.17, 15) is 4.79 Å². The lowest BCUT2D eigenvalue weighted by atomic mass is 10.1. The van der Waals surface area contributed by atoms with E-state index in [0.29, 0.717) is 13.0 Å². The van der Waals surface area contributed by atoms with Crippen molar-refractivity contribution < 1.29 is 4.79 Å². The fourth-order valence-electron chi connectivity index (χ4n) is 1.65. The smallest absolute Gasteiger partial charge is 0.224 e. The number of hydrogen-bond acceptors (Lipinski definition) is 4. The van der Waals surface area contributed by atoms with Crippen molar-refractivity contribution in [2.75, 3.05) is 12.4 Å². The van der Waals surface area contributed by atoms with E-state index in [1.807, 2.05) is 43.6 Å². The summed E-state index contributed by atoms with van der Waals surface area (Å²) in [5, 5.41) is 8.66. The Balaban J connectivity index is 1.82. The molecule has 1 aromatic carbocycles. The SMILES string of the molecule is CNc1nc(CNC(=O)Cc2ccc(C)cc2)cs1. The maximum atomic E-state index is 11.8. The van der Waals surface area contributed by atoms with Crippen molar-refractivity contribution in [1.82, 2.24) is 10.3 Å². The van der Waals surface area contributed by atoms with Gasteiger partial charge in [0.2, 0.25) is 5.91 Å². The van der Waals surface area contributed by atoms with Gasteiger partial charge in [0.1, 0.15) is 0 Å². The zero-order valence-corrected chi connectivity index (χ0v) is 11.9. The summed E-state index contributed by atoms with van der Waals surface area (Å²) < 4.78 is 0. The number of nitrogens with one attached hydrogen (secondary N) is 2. The zero-order valence-electron chi connectivity index (χ0n) is 11.1. The summed E-state index contributed by atoms with van der Waals surface area (Å²) in [6.45, 7) is 2.51. The zero-order chi connectivity index (χ0) is 13.7. The lowest BCUT2D eigenvalue weighted by Gasteiger charge is -2.04. The van der Waals surface area contributed by atoms with Crippen LogP contribution in [-0.4, -0.2) is 17.9 Å². The average Bonchev–Trinajstić information content (AvgIpc) is 2.87. The molecular formula is C14H17N3OS. The highest BCUT2D eigenvalue weighted by Gasteiger charge is 2.05. The van der Waals surface area contributed by atoms with E-state index >= 15 is 0 Å². The first-order valence-electron chi connectivity index (χ1n) is 6.12. The van der Waals surface area contributed by atoms with Crippen LogP contribution in [-0.2, 0) is 17.8 Å². The van der Waals surface area contributed by atoms with E-state index in [-0.39, 0.29) is 5.91 Å². The number of benzene rings is 1. The fourth-order valence-corrected chi connectivity index (χ4v) is 2.32. The highest BCUT2D eigenvalue weighted by Crippen LogP contribution is 2.14. The van der Waals surface area contributed by atoms with E-state index in [4.69, 9.17) is 0 Å². The summed E-state index contributed by atoms with van der Waals surface area (Å²) in [6, 6.07) is 8.00. The van der Waals surface area contributed by atoms with Gasteiger partial charge in [0, 0.05) is 12.4 Å². The molecule has 0 unspecified atom stereocenters. The predicted molar refractivity (Wildman–Crippen MR) is 78.4 cm³/mol. The minimum absolute atomic E-state index is 0.0165. The lowest BCUT2D eigenvalue weighted by molar-refractivity contribution is -0.120. The van der Waals surface area contributed by atoms with Gasteiger partial charge in [-0.25, -0.2) is 4.98 Å². The van der Waals surface area contributed by atoms with Crippen molar-refractivity contribution in [3.05, 3.63) is 46.5 Å². The first-order chi connectivity index (χ1) is 9.17. The van der Waals surface area contributed by atoms with Gasteiger partial charge in [0.05, 0.1) is 18.7 Å². The Morgan fingerprint density at radius 2 is 2.05 bits per heavy atom. The van der Waals surface area contributed by atoms with Gasteiger partial charge < -0.3 is 10.6 Å². The van der Waals surface area contributed by atoms with Gasteiger partial charge in [-0.2, -0.15) is 0 Å². The van der Waals surface area contributed by atoms with Crippen molar-refractivity contribution in [3.8, 4) is 0 Å². The van der Waals surface area contributed by atoms with Gasteiger partial charge in [0.25, 0.3) is 0 Å². The second kappa shape index (κ2) is 6.33. The number of nitrogens with zero attached hydrogens (tertiary/aromatic N) is 1. The third kappa shape index (κ3) is 4.06. The highest BCUT2D eigenvalue weighted by molar-refractivity contribution is 7.13. The largest absolute Gasteiger partial charge is 0.365 e. The summed E-state index contributed by atoms with van der Waals surface area (Å²) in [4.78, 5) is 16.1. The second-order valence-electron chi connectivity index (χ2n) is 4.33. The van der Waals surface area contributed by atoms with Crippen molar-refractivity contribution >= 4 is 22.4 Å². The molecule has 19 heavy (non-hydrogen) atoms. The first kappa shape index (κ1) is 13.5. The number of anilines is 1. The molecule has 0 aliphatic carbocycles. The molecule has 1 heterocycles. The molecule has 0 radical (unpaired) electrons. The summed E-state index contributed by atoms with van der Waals surface area (Å²) in [5.41, 5.74) is 3.11. The van der Waals surface area contributed by atoms with Crippen molar-refractivity contribution in [3.63, 3.8) is 0 Å². The maximum Gasteiger partial charge on any atom is 0.224 e. The van der Waals surface area contributed by atoms with Crippen LogP contribution in [0.4, 0.5) is 5.13 Å². The highest BCUT2D eigenvalue weighted by atomic mass is 32.1. The molecule has 2 N–H and O–H groups in total. The van der Waals surface area contributed by atoms with E-state index < -0.39 is 0 Å². The Hall–Kier alpha value is -1.88. The molecule has 0 atom stereocenters. The summed E-state index contributed by atoms with van der Waals surface area (Å²) in [6.07, 6.45) is 0.406. The number of aryl methyl sites for hydroxylation is 1. The quantitative estimate of drug-likeness (QED) is 0.880. The molecule has 0 aliphatic heterocycles. The minimum atomic E-state index is 0.0165. The maximum absolute atomic E-state index is 11.8. The fraction of sp³-hybridized carbons (Fsp3) is 0.286. The van der Waals surface area contributed by atoms with Crippen LogP contribution in [0.15, 0.2) is 29.6 Å².